The van der Waals surface area contributed by atoms with E-state index in [1.54, 1.807) is 7.11 Å². The van der Waals surface area contributed by atoms with Crippen LogP contribution >= 0.6 is 0 Å². The quantitative estimate of drug-likeness (QED) is 0.504. The monoisotopic (exact) mass is 440 g/mol. The highest BCUT2D eigenvalue weighted by Gasteiger charge is 2.37. The maximum Gasteiger partial charge on any atom is 0.163 e. The molecule has 0 radical (unpaired) electrons. The molecular weight excluding hydrogens is 412 g/mol. The van der Waals surface area contributed by atoms with Gasteiger partial charge in [0.25, 0.3) is 0 Å². The van der Waals surface area contributed by atoms with E-state index in [4.69, 9.17) is 9.47 Å². The molecule has 1 aliphatic carbocycles. The first kappa shape index (κ1) is 21.1. The average Bonchev–Trinajstić information content (AvgIpc) is 3.01. The second kappa shape index (κ2) is 9.02. The summed E-state index contributed by atoms with van der Waals surface area (Å²) < 4.78 is 11.2. The predicted octanol–water partition coefficient (Wildman–Crippen LogP) is 6.07. The van der Waals surface area contributed by atoms with Gasteiger partial charge >= 0.3 is 0 Å². The minimum atomic E-state index is -0.289. The van der Waals surface area contributed by atoms with Gasteiger partial charge in [-0.1, -0.05) is 42.5 Å². The number of nitrogens with one attached hydrogen (secondary N) is 2. The zero-order valence-electron chi connectivity index (χ0n) is 18.9. The maximum atomic E-state index is 13.7. The second-order valence-electron chi connectivity index (χ2n) is 8.41. The third-order valence-electron chi connectivity index (χ3n) is 6.43. The van der Waals surface area contributed by atoms with Gasteiger partial charge in [0.1, 0.15) is 11.5 Å². The lowest BCUT2D eigenvalue weighted by Gasteiger charge is -2.30. The molecule has 5 nitrogen and oxygen atoms in total. The Kier molecular flexibility index (Phi) is 5.78. The smallest absolute Gasteiger partial charge is 0.163 e. The number of hydrogen-bond donors (Lipinski definition) is 2. The molecule has 0 saturated carbocycles. The Morgan fingerprint density at radius 2 is 1.64 bits per heavy atom. The van der Waals surface area contributed by atoms with E-state index in [-0.39, 0.29) is 17.7 Å². The third-order valence-corrected chi connectivity index (χ3v) is 6.43. The number of carbonyl (C=O) groups is 1. The highest BCUT2D eigenvalue weighted by molar-refractivity contribution is 6.01. The van der Waals surface area contributed by atoms with Crippen LogP contribution in [-0.4, -0.2) is 19.5 Å². The predicted molar refractivity (Wildman–Crippen MR) is 131 cm³/mol. The van der Waals surface area contributed by atoms with Gasteiger partial charge in [-0.05, 0) is 55.2 Å². The second-order valence-corrected chi connectivity index (χ2v) is 8.41. The van der Waals surface area contributed by atoms with Crippen molar-refractivity contribution < 1.29 is 14.3 Å². The standard InChI is InChI=1S/C28H28N2O3/c1-3-33-26-11-7-4-8-21(26)28-27-24(29-22-9-5-6-10-23(22)30-28)16-19(17-25(27)31)18-12-14-20(32-2)15-13-18/h4-15,19,28-30H,3,16-17H2,1-2H3/t19-,28+/m0/s1. The molecule has 1 aliphatic heterocycles. The molecule has 1 heterocycles. The van der Waals surface area contributed by atoms with E-state index in [1.165, 1.54) is 0 Å². The summed E-state index contributed by atoms with van der Waals surface area (Å²) in [4.78, 5) is 13.7. The fourth-order valence-corrected chi connectivity index (χ4v) is 4.84. The summed E-state index contributed by atoms with van der Waals surface area (Å²) in [5.74, 6) is 1.89. The molecule has 0 amide bonds. The Labute approximate surface area is 194 Å². The van der Waals surface area contributed by atoms with Crippen LogP contribution in [0.25, 0.3) is 0 Å². The van der Waals surface area contributed by atoms with Gasteiger partial charge in [-0.3, -0.25) is 4.79 Å². The zero-order valence-corrected chi connectivity index (χ0v) is 18.9. The van der Waals surface area contributed by atoms with Crippen molar-refractivity contribution in [2.45, 2.75) is 31.7 Å². The number of allylic oxidation sites excluding steroid dienone is 1. The number of ether oxygens (including phenoxy) is 2. The number of benzene rings is 3. The van der Waals surface area contributed by atoms with Gasteiger partial charge in [0.05, 0.1) is 31.1 Å². The number of para-hydroxylation sites is 3. The van der Waals surface area contributed by atoms with E-state index in [0.717, 1.165) is 51.7 Å². The summed E-state index contributed by atoms with van der Waals surface area (Å²) in [6.07, 6.45) is 1.23. The van der Waals surface area contributed by atoms with Crippen LogP contribution in [0, 0.1) is 0 Å². The largest absolute Gasteiger partial charge is 0.497 e. The van der Waals surface area contributed by atoms with Gasteiger partial charge in [-0.25, -0.2) is 0 Å². The van der Waals surface area contributed by atoms with Crippen LogP contribution < -0.4 is 20.1 Å². The van der Waals surface area contributed by atoms with Crippen molar-refractivity contribution in [3.8, 4) is 11.5 Å². The first-order chi connectivity index (χ1) is 16.2. The SMILES string of the molecule is CCOc1ccccc1[C@H]1Nc2ccccc2NC2=C1C(=O)C[C@@H](c1ccc(OC)cc1)C2. The van der Waals surface area contributed by atoms with Crippen molar-refractivity contribution in [1.82, 2.24) is 0 Å². The van der Waals surface area contributed by atoms with Crippen LogP contribution in [0.3, 0.4) is 0 Å². The first-order valence-electron chi connectivity index (χ1n) is 11.4. The molecule has 0 saturated heterocycles. The van der Waals surface area contributed by atoms with Crippen molar-refractivity contribution in [2.24, 2.45) is 0 Å². The lowest BCUT2D eigenvalue weighted by molar-refractivity contribution is -0.116. The summed E-state index contributed by atoms with van der Waals surface area (Å²) in [6.45, 7) is 2.54. The van der Waals surface area contributed by atoms with Crippen LogP contribution in [0.1, 0.15) is 42.9 Å². The number of Topliss-reactive ketones (excluding diaryl/α,β-unsaturated/α-hetero) is 1. The summed E-state index contributed by atoms with van der Waals surface area (Å²) in [5, 5.41) is 7.23. The van der Waals surface area contributed by atoms with Crippen molar-refractivity contribution in [3.63, 3.8) is 0 Å². The Bertz CT molecular complexity index is 1200. The van der Waals surface area contributed by atoms with E-state index in [9.17, 15) is 4.79 Å². The number of methoxy groups -OCH3 is 1. The molecule has 0 unspecified atom stereocenters. The fourth-order valence-electron chi connectivity index (χ4n) is 4.84. The van der Waals surface area contributed by atoms with Gasteiger partial charge in [0.15, 0.2) is 5.78 Å². The van der Waals surface area contributed by atoms with Gasteiger partial charge in [0, 0.05) is 23.3 Å². The molecular formula is C28H28N2O3. The fraction of sp³-hybridized carbons (Fsp3) is 0.250. The number of hydrogen-bond acceptors (Lipinski definition) is 5. The topological polar surface area (TPSA) is 59.6 Å². The minimum absolute atomic E-state index is 0.114. The third kappa shape index (κ3) is 4.07. The van der Waals surface area contributed by atoms with Gasteiger partial charge < -0.3 is 20.1 Å². The maximum absolute atomic E-state index is 13.7. The average molecular weight is 441 g/mol. The number of ketones is 1. The summed E-state index contributed by atoms with van der Waals surface area (Å²) >= 11 is 0. The highest BCUT2D eigenvalue weighted by Crippen LogP contribution is 2.45. The molecule has 5 rings (SSSR count). The van der Waals surface area contributed by atoms with Gasteiger partial charge in [-0.15, -0.1) is 0 Å². The van der Waals surface area contributed by atoms with Crippen molar-refractivity contribution in [1.29, 1.82) is 0 Å². The first-order valence-corrected chi connectivity index (χ1v) is 11.4. The Balaban J connectivity index is 1.59. The Morgan fingerprint density at radius 1 is 0.909 bits per heavy atom. The lowest BCUT2D eigenvalue weighted by Crippen LogP contribution is -2.27. The molecule has 2 atom stereocenters. The van der Waals surface area contributed by atoms with E-state index in [2.05, 4.69) is 22.8 Å². The summed E-state index contributed by atoms with van der Waals surface area (Å²) in [5.41, 5.74) is 5.83. The Hall–Kier alpha value is -3.73. The number of rotatable bonds is 5. The Morgan fingerprint density at radius 3 is 2.39 bits per heavy atom. The molecule has 33 heavy (non-hydrogen) atoms. The van der Waals surface area contributed by atoms with Crippen LogP contribution in [0.15, 0.2) is 84.1 Å². The normalized spacial score (nSPS) is 19.5. The van der Waals surface area contributed by atoms with Gasteiger partial charge in [0.2, 0.25) is 0 Å². The van der Waals surface area contributed by atoms with Crippen LogP contribution in [0.5, 0.6) is 11.5 Å². The number of carbonyl (C=O) groups excluding carboxylic acids is 1. The lowest BCUT2D eigenvalue weighted by atomic mass is 9.78. The zero-order chi connectivity index (χ0) is 22.8. The molecule has 0 spiro atoms. The van der Waals surface area contributed by atoms with Crippen LogP contribution in [-0.2, 0) is 4.79 Å². The van der Waals surface area contributed by atoms with E-state index < -0.39 is 0 Å². The van der Waals surface area contributed by atoms with E-state index in [1.807, 2.05) is 67.6 Å². The van der Waals surface area contributed by atoms with Crippen LogP contribution in [0.2, 0.25) is 0 Å². The summed E-state index contributed by atoms with van der Waals surface area (Å²) in [7, 11) is 1.66. The molecule has 0 fully saturated rings. The summed E-state index contributed by atoms with van der Waals surface area (Å²) in [6, 6.07) is 23.8. The van der Waals surface area contributed by atoms with E-state index in [0.29, 0.717) is 13.0 Å². The highest BCUT2D eigenvalue weighted by atomic mass is 16.5. The molecule has 2 N–H and O–H groups in total. The molecule has 3 aromatic rings. The molecule has 0 aromatic heterocycles. The van der Waals surface area contributed by atoms with Gasteiger partial charge in [-0.2, -0.15) is 0 Å². The number of anilines is 2. The molecule has 2 aliphatic rings. The molecule has 3 aromatic carbocycles. The van der Waals surface area contributed by atoms with Crippen molar-refractivity contribution in [3.05, 3.63) is 95.2 Å². The molecule has 168 valence electrons. The molecule has 5 heteroatoms. The van der Waals surface area contributed by atoms with E-state index >= 15 is 0 Å². The molecule has 0 bridgehead atoms. The van der Waals surface area contributed by atoms with Crippen LogP contribution in [0.4, 0.5) is 11.4 Å². The minimum Gasteiger partial charge on any atom is -0.497 e. The van der Waals surface area contributed by atoms with Crippen molar-refractivity contribution >= 4 is 17.2 Å². The van der Waals surface area contributed by atoms with Crippen molar-refractivity contribution in [2.75, 3.05) is 24.4 Å². The number of fused-ring (bicyclic) bond motifs is 1.